The summed E-state index contributed by atoms with van der Waals surface area (Å²) in [6.45, 7) is 2.53. The minimum atomic E-state index is -0.231. The van der Waals surface area contributed by atoms with E-state index in [9.17, 15) is 9.59 Å². The standard InChI is InChI=1S/C25H26N2O4S/c1-3-31-17-13-11-16(12-14-17)15-22(28)27-25-23(18-7-6-10-21(18)32-25)24(29)26-19-8-4-5-9-20(19)30-2/h4-5,8-9,11-14H,3,6-7,10,15H2,1-2H3,(H,26,29)(H,27,28). The maximum atomic E-state index is 13.2. The van der Waals surface area contributed by atoms with Crippen molar-refractivity contribution in [3.05, 3.63) is 70.1 Å². The van der Waals surface area contributed by atoms with E-state index >= 15 is 0 Å². The van der Waals surface area contributed by atoms with Gasteiger partial charge >= 0.3 is 0 Å². The molecule has 2 N–H and O–H groups in total. The predicted octanol–water partition coefficient (Wildman–Crippen LogP) is 5.08. The van der Waals surface area contributed by atoms with Crippen molar-refractivity contribution in [2.45, 2.75) is 32.6 Å². The number of methoxy groups -OCH3 is 1. The van der Waals surface area contributed by atoms with Crippen LogP contribution in [0.4, 0.5) is 10.7 Å². The molecule has 0 spiro atoms. The zero-order chi connectivity index (χ0) is 22.5. The minimum absolute atomic E-state index is 0.152. The van der Waals surface area contributed by atoms with Crippen molar-refractivity contribution in [3.8, 4) is 11.5 Å². The molecule has 2 aromatic carbocycles. The summed E-state index contributed by atoms with van der Waals surface area (Å²) in [5.41, 5.74) is 3.09. The maximum absolute atomic E-state index is 13.2. The number of ether oxygens (including phenoxy) is 2. The van der Waals surface area contributed by atoms with Gasteiger partial charge in [-0.15, -0.1) is 11.3 Å². The van der Waals surface area contributed by atoms with E-state index in [1.807, 2.05) is 43.3 Å². The van der Waals surface area contributed by atoms with E-state index in [1.54, 1.807) is 19.2 Å². The molecule has 1 aromatic heterocycles. The smallest absolute Gasteiger partial charge is 0.259 e. The lowest BCUT2D eigenvalue weighted by atomic mass is 10.1. The Hall–Kier alpha value is -3.32. The molecule has 0 atom stereocenters. The van der Waals surface area contributed by atoms with Gasteiger partial charge in [-0.1, -0.05) is 24.3 Å². The number of thiophene rings is 1. The third-order valence-electron chi connectivity index (χ3n) is 5.36. The number of rotatable bonds is 8. The number of anilines is 2. The van der Waals surface area contributed by atoms with Gasteiger partial charge in [0.1, 0.15) is 16.5 Å². The van der Waals surface area contributed by atoms with Crippen LogP contribution in [0.25, 0.3) is 0 Å². The van der Waals surface area contributed by atoms with Gasteiger partial charge in [0.25, 0.3) is 5.91 Å². The Bertz CT molecular complexity index is 1120. The van der Waals surface area contributed by atoms with E-state index < -0.39 is 0 Å². The highest BCUT2D eigenvalue weighted by Gasteiger charge is 2.28. The average molecular weight is 451 g/mol. The van der Waals surface area contributed by atoms with Crippen molar-refractivity contribution in [2.75, 3.05) is 24.4 Å². The molecule has 0 bridgehead atoms. The highest BCUT2D eigenvalue weighted by molar-refractivity contribution is 7.17. The van der Waals surface area contributed by atoms with Gasteiger partial charge in [0, 0.05) is 4.88 Å². The number of nitrogens with one attached hydrogen (secondary N) is 2. The summed E-state index contributed by atoms with van der Waals surface area (Å²) in [4.78, 5) is 27.2. The normalized spacial score (nSPS) is 12.2. The van der Waals surface area contributed by atoms with Crippen molar-refractivity contribution >= 4 is 33.8 Å². The number of carbonyl (C=O) groups excluding carboxylic acids is 2. The Morgan fingerprint density at radius 3 is 2.56 bits per heavy atom. The fourth-order valence-corrected chi connectivity index (χ4v) is 5.19. The molecule has 166 valence electrons. The Labute approximate surface area is 191 Å². The van der Waals surface area contributed by atoms with Crippen molar-refractivity contribution in [3.63, 3.8) is 0 Å². The molecule has 6 nitrogen and oxygen atoms in total. The molecule has 0 aliphatic heterocycles. The quantitative estimate of drug-likeness (QED) is 0.502. The van der Waals surface area contributed by atoms with Crippen molar-refractivity contribution in [1.29, 1.82) is 0 Å². The molecule has 0 saturated heterocycles. The molecule has 3 aromatic rings. The van der Waals surface area contributed by atoms with Crippen LogP contribution in [0.1, 0.15) is 39.7 Å². The van der Waals surface area contributed by atoms with E-state index in [2.05, 4.69) is 10.6 Å². The first-order valence-electron chi connectivity index (χ1n) is 10.7. The number of aryl methyl sites for hydroxylation is 1. The molecule has 4 rings (SSSR count). The largest absolute Gasteiger partial charge is 0.495 e. The number of hydrogen-bond acceptors (Lipinski definition) is 5. The summed E-state index contributed by atoms with van der Waals surface area (Å²) in [5, 5.41) is 6.54. The van der Waals surface area contributed by atoms with Gasteiger partial charge < -0.3 is 20.1 Å². The molecule has 0 unspecified atom stereocenters. The van der Waals surface area contributed by atoms with Crippen LogP contribution in [0.2, 0.25) is 0 Å². The Kier molecular flexibility index (Phi) is 6.75. The van der Waals surface area contributed by atoms with E-state index in [1.165, 1.54) is 16.2 Å². The lowest BCUT2D eigenvalue weighted by Crippen LogP contribution is -2.19. The first-order chi connectivity index (χ1) is 15.6. The van der Waals surface area contributed by atoms with Crippen LogP contribution < -0.4 is 20.1 Å². The zero-order valence-corrected chi connectivity index (χ0v) is 19.0. The van der Waals surface area contributed by atoms with Crippen molar-refractivity contribution in [1.82, 2.24) is 0 Å². The molecule has 32 heavy (non-hydrogen) atoms. The van der Waals surface area contributed by atoms with Gasteiger partial charge in [0.05, 0.1) is 31.4 Å². The third kappa shape index (κ3) is 4.78. The van der Waals surface area contributed by atoms with E-state index in [4.69, 9.17) is 9.47 Å². The van der Waals surface area contributed by atoms with Crippen LogP contribution in [-0.2, 0) is 24.1 Å². The molecule has 0 fully saturated rings. The van der Waals surface area contributed by atoms with Gasteiger partial charge in [-0.25, -0.2) is 0 Å². The Morgan fingerprint density at radius 2 is 1.81 bits per heavy atom. The molecular formula is C25H26N2O4S. The molecule has 7 heteroatoms. The monoisotopic (exact) mass is 450 g/mol. The average Bonchev–Trinajstić information content (AvgIpc) is 3.36. The molecule has 1 aliphatic carbocycles. The zero-order valence-electron chi connectivity index (χ0n) is 18.2. The van der Waals surface area contributed by atoms with Crippen LogP contribution in [-0.4, -0.2) is 25.5 Å². The lowest BCUT2D eigenvalue weighted by Gasteiger charge is -2.12. The fraction of sp³-hybridized carbons (Fsp3) is 0.280. The summed E-state index contributed by atoms with van der Waals surface area (Å²) in [5.74, 6) is 0.987. The van der Waals surface area contributed by atoms with Gasteiger partial charge in [-0.05, 0) is 61.6 Å². The van der Waals surface area contributed by atoms with Crippen LogP contribution in [0.3, 0.4) is 0 Å². The maximum Gasteiger partial charge on any atom is 0.259 e. The van der Waals surface area contributed by atoms with Crippen LogP contribution in [0, 0.1) is 0 Å². The lowest BCUT2D eigenvalue weighted by molar-refractivity contribution is -0.115. The molecule has 2 amide bonds. The Morgan fingerprint density at radius 1 is 1.03 bits per heavy atom. The number of fused-ring (bicyclic) bond motifs is 1. The number of carbonyl (C=O) groups is 2. The second-order valence-corrected chi connectivity index (χ2v) is 8.62. The highest BCUT2D eigenvalue weighted by Crippen LogP contribution is 2.40. The summed E-state index contributed by atoms with van der Waals surface area (Å²) >= 11 is 1.50. The first kappa shape index (κ1) is 21.9. The molecule has 0 saturated carbocycles. The Balaban J connectivity index is 1.52. The molecule has 1 aliphatic rings. The molecule has 0 radical (unpaired) electrons. The van der Waals surface area contributed by atoms with Gasteiger partial charge in [-0.3, -0.25) is 9.59 Å². The van der Waals surface area contributed by atoms with Gasteiger partial charge in [-0.2, -0.15) is 0 Å². The van der Waals surface area contributed by atoms with Crippen LogP contribution in [0.15, 0.2) is 48.5 Å². The summed E-state index contributed by atoms with van der Waals surface area (Å²) in [6.07, 6.45) is 3.03. The molecular weight excluding hydrogens is 424 g/mol. The van der Waals surface area contributed by atoms with E-state index in [-0.39, 0.29) is 18.2 Å². The SMILES string of the molecule is CCOc1ccc(CC(=O)Nc2sc3c(c2C(=O)Nc2ccccc2OC)CCC3)cc1. The number of hydrogen-bond donors (Lipinski definition) is 2. The third-order valence-corrected chi connectivity index (χ3v) is 6.56. The summed E-state index contributed by atoms with van der Waals surface area (Å²) in [6, 6.07) is 14.8. The van der Waals surface area contributed by atoms with Crippen molar-refractivity contribution < 1.29 is 19.1 Å². The first-order valence-corrected chi connectivity index (χ1v) is 11.5. The van der Waals surface area contributed by atoms with Gasteiger partial charge in [0.2, 0.25) is 5.91 Å². The fourth-order valence-electron chi connectivity index (χ4n) is 3.89. The van der Waals surface area contributed by atoms with Crippen LogP contribution in [0.5, 0.6) is 11.5 Å². The van der Waals surface area contributed by atoms with Crippen LogP contribution >= 0.6 is 11.3 Å². The minimum Gasteiger partial charge on any atom is -0.495 e. The number of benzene rings is 2. The topological polar surface area (TPSA) is 76.7 Å². The van der Waals surface area contributed by atoms with Gasteiger partial charge in [0.15, 0.2) is 0 Å². The predicted molar refractivity (Wildman–Crippen MR) is 127 cm³/mol. The number of amides is 2. The molecule has 1 heterocycles. The second kappa shape index (κ2) is 9.87. The van der Waals surface area contributed by atoms with Crippen molar-refractivity contribution in [2.24, 2.45) is 0 Å². The van der Waals surface area contributed by atoms with E-state index in [0.29, 0.717) is 28.6 Å². The summed E-state index contributed by atoms with van der Waals surface area (Å²) < 4.78 is 10.8. The van der Waals surface area contributed by atoms with E-state index in [0.717, 1.165) is 36.1 Å². The highest BCUT2D eigenvalue weighted by atomic mass is 32.1. The second-order valence-electron chi connectivity index (χ2n) is 7.52. The summed E-state index contributed by atoms with van der Waals surface area (Å²) in [7, 11) is 1.57. The number of para-hydroxylation sites is 2.